The number of alkyl halides is 3. The lowest BCUT2D eigenvalue weighted by molar-refractivity contribution is -0.274. The maximum Gasteiger partial charge on any atom is 0.573 e. The summed E-state index contributed by atoms with van der Waals surface area (Å²) in [6, 6.07) is 5.85. The summed E-state index contributed by atoms with van der Waals surface area (Å²) in [6.07, 6.45) is -1.68. The highest BCUT2D eigenvalue weighted by Gasteiger charge is 2.41. The fraction of sp³-hybridized carbons (Fsp3) is 0.600. The van der Waals surface area contributed by atoms with Gasteiger partial charge in [-0.3, -0.25) is 0 Å². The Bertz CT molecular complexity index is 457. The lowest BCUT2D eigenvalue weighted by Gasteiger charge is -2.42. The molecule has 118 valence electrons. The van der Waals surface area contributed by atoms with Crippen LogP contribution >= 0.6 is 0 Å². The summed E-state index contributed by atoms with van der Waals surface area (Å²) in [5.74, 6) is -0.240. The minimum Gasteiger partial charge on any atom is -0.406 e. The van der Waals surface area contributed by atoms with Crippen molar-refractivity contribution >= 4 is 0 Å². The molecule has 2 atom stereocenters. The first-order chi connectivity index (χ1) is 9.87. The molecule has 2 N–H and O–H groups in total. The molecule has 1 aliphatic carbocycles. The second-order valence-electron chi connectivity index (χ2n) is 5.52. The predicted octanol–water partition coefficient (Wildman–Crippen LogP) is 2.98. The van der Waals surface area contributed by atoms with Crippen LogP contribution in [0.3, 0.4) is 0 Å². The minimum atomic E-state index is -4.69. The molecule has 0 amide bonds. The third-order valence-electron chi connectivity index (χ3n) is 4.14. The van der Waals surface area contributed by atoms with E-state index in [1.165, 1.54) is 12.1 Å². The predicted molar refractivity (Wildman–Crippen MR) is 73.2 cm³/mol. The molecule has 1 unspecified atom stereocenters. The number of aliphatic hydroxyl groups excluding tert-OH is 1. The monoisotopic (exact) mass is 303 g/mol. The zero-order valence-electron chi connectivity index (χ0n) is 11.9. The molecule has 0 heterocycles. The van der Waals surface area contributed by atoms with Crippen LogP contribution in [-0.2, 0) is 5.41 Å². The molecule has 1 fully saturated rings. The lowest BCUT2D eigenvalue weighted by atomic mass is 9.67. The molecule has 21 heavy (non-hydrogen) atoms. The molecule has 0 aromatic heterocycles. The summed E-state index contributed by atoms with van der Waals surface area (Å²) in [7, 11) is 1.81. The van der Waals surface area contributed by atoms with Crippen LogP contribution in [0.5, 0.6) is 5.75 Å². The van der Waals surface area contributed by atoms with Crippen molar-refractivity contribution in [2.75, 3.05) is 13.6 Å². The molecule has 1 aromatic carbocycles. The smallest absolute Gasteiger partial charge is 0.406 e. The van der Waals surface area contributed by atoms with Crippen LogP contribution in [0.2, 0.25) is 0 Å². The second-order valence-corrected chi connectivity index (χ2v) is 5.52. The Morgan fingerprint density at radius 1 is 1.29 bits per heavy atom. The quantitative estimate of drug-likeness (QED) is 0.898. The van der Waals surface area contributed by atoms with Crippen molar-refractivity contribution in [1.29, 1.82) is 0 Å². The highest BCUT2D eigenvalue weighted by molar-refractivity contribution is 5.34. The molecule has 0 saturated heterocycles. The SMILES string of the molecule is CNC[C@@]1(c2ccc(OC(F)(F)F)cc2)CCCCC1O. The van der Waals surface area contributed by atoms with Gasteiger partial charge in [0.1, 0.15) is 5.75 Å². The maximum absolute atomic E-state index is 12.2. The Morgan fingerprint density at radius 2 is 1.95 bits per heavy atom. The normalized spacial score (nSPS) is 26.6. The number of rotatable bonds is 4. The zero-order valence-corrected chi connectivity index (χ0v) is 11.9. The zero-order chi connectivity index (χ0) is 15.5. The highest BCUT2D eigenvalue weighted by atomic mass is 19.4. The number of nitrogens with one attached hydrogen (secondary N) is 1. The van der Waals surface area contributed by atoms with Crippen molar-refractivity contribution in [3.63, 3.8) is 0 Å². The largest absolute Gasteiger partial charge is 0.573 e. The van der Waals surface area contributed by atoms with Crippen molar-refractivity contribution in [3.05, 3.63) is 29.8 Å². The highest BCUT2D eigenvalue weighted by Crippen LogP contribution is 2.40. The van der Waals surface area contributed by atoms with Crippen LogP contribution < -0.4 is 10.1 Å². The van der Waals surface area contributed by atoms with Gasteiger partial charge in [-0.25, -0.2) is 0 Å². The maximum atomic E-state index is 12.2. The summed E-state index contributed by atoms with van der Waals surface area (Å²) in [6.45, 7) is 0.591. The molecule has 1 aliphatic rings. The number of benzene rings is 1. The number of hydrogen-bond donors (Lipinski definition) is 2. The van der Waals surface area contributed by atoms with Crippen LogP contribution in [0.15, 0.2) is 24.3 Å². The van der Waals surface area contributed by atoms with Gasteiger partial charge in [0.25, 0.3) is 0 Å². The molecule has 0 spiro atoms. The van der Waals surface area contributed by atoms with Crippen LogP contribution in [0.25, 0.3) is 0 Å². The number of aliphatic hydroxyl groups is 1. The Hall–Kier alpha value is -1.27. The fourth-order valence-corrected chi connectivity index (χ4v) is 3.17. The molecule has 1 saturated carbocycles. The summed E-state index contributed by atoms with van der Waals surface area (Å²) < 4.78 is 40.4. The van der Waals surface area contributed by atoms with E-state index < -0.39 is 17.9 Å². The van der Waals surface area contributed by atoms with E-state index in [2.05, 4.69) is 10.1 Å². The van der Waals surface area contributed by atoms with E-state index in [4.69, 9.17) is 0 Å². The summed E-state index contributed by atoms with van der Waals surface area (Å²) in [5, 5.41) is 13.5. The van der Waals surface area contributed by atoms with Gasteiger partial charge in [0.2, 0.25) is 0 Å². The summed E-state index contributed by atoms with van der Waals surface area (Å²) >= 11 is 0. The van der Waals surface area contributed by atoms with E-state index in [0.29, 0.717) is 13.0 Å². The lowest BCUT2D eigenvalue weighted by Crippen LogP contribution is -2.48. The van der Waals surface area contributed by atoms with Gasteiger partial charge in [-0.1, -0.05) is 25.0 Å². The molecule has 2 rings (SSSR count). The van der Waals surface area contributed by atoms with Gasteiger partial charge in [0.15, 0.2) is 0 Å². The number of likely N-dealkylation sites (N-methyl/N-ethyl adjacent to an activating group) is 1. The number of halogens is 3. The van der Waals surface area contributed by atoms with Gasteiger partial charge in [-0.05, 0) is 37.6 Å². The summed E-state index contributed by atoms with van der Waals surface area (Å²) in [4.78, 5) is 0. The molecule has 1 aromatic rings. The molecular weight excluding hydrogens is 283 g/mol. The third-order valence-corrected chi connectivity index (χ3v) is 4.14. The molecule has 0 aliphatic heterocycles. The Labute approximate surface area is 122 Å². The Morgan fingerprint density at radius 3 is 2.48 bits per heavy atom. The summed E-state index contributed by atoms with van der Waals surface area (Å²) in [5.41, 5.74) is 0.405. The van der Waals surface area contributed by atoms with Gasteiger partial charge in [0.05, 0.1) is 6.10 Å². The van der Waals surface area contributed by atoms with Gasteiger partial charge in [-0.15, -0.1) is 13.2 Å². The van der Waals surface area contributed by atoms with E-state index >= 15 is 0 Å². The van der Waals surface area contributed by atoms with Crippen molar-refractivity contribution < 1.29 is 23.0 Å². The Balaban J connectivity index is 2.25. The average Bonchev–Trinajstić information content (AvgIpc) is 2.41. The van der Waals surface area contributed by atoms with Crippen LogP contribution in [-0.4, -0.2) is 31.2 Å². The van der Waals surface area contributed by atoms with Gasteiger partial charge in [-0.2, -0.15) is 0 Å². The van der Waals surface area contributed by atoms with Crippen molar-refractivity contribution in [2.45, 2.75) is 43.6 Å². The second kappa shape index (κ2) is 6.23. The van der Waals surface area contributed by atoms with E-state index in [1.54, 1.807) is 12.1 Å². The standard InChI is InChI=1S/C15H20F3NO2/c1-19-10-14(9-3-2-4-13(14)20)11-5-7-12(8-6-11)21-15(16,17)18/h5-8,13,19-20H,2-4,9-10H2,1H3/t13?,14-/m1/s1. The third kappa shape index (κ3) is 3.68. The van der Waals surface area contributed by atoms with Crippen LogP contribution in [0.4, 0.5) is 13.2 Å². The van der Waals surface area contributed by atoms with Crippen molar-refractivity contribution in [2.24, 2.45) is 0 Å². The average molecular weight is 303 g/mol. The van der Waals surface area contributed by atoms with Gasteiger partial charge < -0.3 is 15.2 Å². The molecule has 3 nitrogen and oxygen atoms in total. The molecule has 0 bridgehead atoms. The Kier molecular flexibility index (Phi) is 4.78. The first kappa shape index (κ1) is 16.1. The van der Waals surface area contributed by atoms with Gasteiger partial charge >= 0.3 is 6.36 Å². The van der Waals surface area contributed by atoms with Gasteiger partial charge in [0, 0.05) is 12.0 Å². The van der Waals surface area contributed by atoms with E-state index in [-0.39, 0.29) is 5.75 Å². The number of hydrogen-bond acceptors (Lipinski definition) is 3. The molecule has 0 radical (unpaired) electrons. The molecular formula is C15H20F3NO2. The van der Waals surface area contributed by atoms with E-state index in [0.717, 1.165) is 24.8 Å². The van der Waals surface area contributed by atoms with Crippen LogP contribution in [0, 0.1) is 0 Å². The minimum absolute atomic E-state index is 0.240. The van der Waals surface area contributed by atoms with E-state index in [9.17, 15) is 18.3 Å². The topological polar surface area (TPSA) is 41.5 Å². The van der Waals surface area contributed by atoms with Crippen molar-refractivity contribution in [1.82, 2.24) is 5.32 Å². The van der Waals surface area contributed by atoms with E-state index in [1.807, 2.05) is 7.05 Å². The van der Waals surface area contributed by atoms with Crippen molar-refractivity contribution in [3.8, 4) is 5.75 Å². The van der Waals surface area contributed by atoms with Crippen LogP contribution in [0.1, 0.15) is 31.2 Å². The number of ether oxygens (including phenoxy) is 1. The first-order valence-electron chi connectivity index (χ1n) is 7.06. The molecule has 6 heteroatoms. The fourth-order valence-electron chi connectivity index (χ4n) is 3.17. The first-order valence-corrected chi connectivity index (χ1v) is 7.06.